The average molecular weight is 340 g/mol. The van der Waals surface area contributed by atoms with Crippen molar-refractivity contribution in [2.24, 2.45) is 0 Å². The Balaban J connectivity index is 1.80. The SMILES string of the molecule is CCCC(=O)N1CCC[C@H](c2nccnc2Oc2cccnc2C)C1. The number of ether oxygens (including phenoxy) is 1. The molecular formula is C19H24N4O2. The molecule has 2 aromatic heterocycles. The third kappa shape index (κ3) is 4.13. The zero-order valence-corrected chi connectivity index (χ0v) is 14.8. The lowest BCUT2D eigenvalue weighted by Crippen LogP contribution is -2.39. The summed E-state index contributed by atoms with van der Waals surface area (Å²) in [7, 11) is 0. The van der Waals surface area contributed by atoms with Gasteiger partial charge in [0, 0.05) is 44.0 Å². The third-order valence-electron chi connectivity index (χ3n) is 4.48. The van der Waals surface area contributed by atoms with Crippen LogP contribution in [-0.4, -0.2) is 38.8 Å². The highest BCUT2D eigenvalue weighted by molar-refractivity contribution is 5.76. The molecule has 1 amide bonds. The Hall–Kier alpha value is -2.50. The average Bonchev–Trinajstić information content (AvgIpc) is 2.64. The minimum Gasteiger partial charge on any atom is -0.435 e. The van der Waals surface area contributed by atoms with Crippen molar-refractivity contribution in [2.75, 3.05) is 13.1 Å². The van der Waals surface area contributed by atoms with E-state index in [0.717, 1.165) is 37.2 Å². The molecule has 0 unspecified atom stereocenters. The molecule has 0 aromatic carbocycles. The largest absolute Gasteiger partial charge is 0.435 e. The van der Waals surface area contributed by atoms with Gasteiger partial charge in [-0.15, -0.1) is 0 Å². The van der Waals surface area contributed by atoms with Gasteiger partial charge in [-0.05, 0) is 38.3 Å². The smallest absolute Gasteiger partial charge is 0.241 e. The van der Waals surface area contributed by atoms with E-state index in [4.69, 9.17) is 4.74 Å². The number of hydrogen-bond donors (Lipinski definition) is 0. The molecule has 1 aliphatic heterocycles. The molecule has 6 nitrogen and oxygen atoms in total. The Morgan fingerprint density at radius 2 is 2.12 bits per heavy atom. The van der Waals surface area contributed by atoms with Crippen molar-refractivity contribution in [1.29, 1.82) is 0 Å². The van der Waals surface area contributed by atoms with Gasteiger partial charge in [-0.25, -0.2) is 4.98 Å². The van der Waals surface area contributed by atoms with Crippen LogP contribution in [0.4, 0.5) is 0 Å². The van der Waals surface area contributed by atoms with Crippen LogP contribution in [-0.2, 0) is 4.79 Å². The molecule has 2 aromatic rings. The summed E-state index contributed by atoms with van der Waals surface area (Å²) >= 11 is 0. The lowest BCUT2D eigenvalue weighted by Gasteiger charge is -2.32. The number of carbonyl (C=O) groups excluding carboxylic acids is 1. The second-order valence-corrected chi connectivity index (χ2v) is 6.36. The molecule has 0 aliphatic carbocycles. The van der Waals surface area contributed by atoms with Crippen LogP contribution in [0, 0.1) is 6.92 Å². The van der Waals surface area contributed by atoms with Crippen LogP contribution in [0.3, 0.4) is 0 Å². The third-order valence-corrected chi connectivity index (χ3v) is 4.48. The Morgan fingerprint density at radius 3 is 2.92 bits per heavy atom. The maximum absolute atomic E-state index is 12.2. The minimum atomic E-state index is 0.148. The summed E-state index contributed by atoms with van der Waals surface area (Å²) in [5, 5.41) is 0. The maximum Gasteiger partial charge on any atom is 0.241 e. The fourth-order valence-electron chi connectivity index (χ4n) is 3.18. The van der Waals surface area contributed by atoms with Crippen molar-refractivity contribution in [2.45, 2.75) is 45.4 Å². The van der Waals surface area contributed by atoms with Gasteiger partial charge in [-0.2, -0.15) is 0 Å². The fraction of sp³-hybridized carbons (Fsp3) is 0.474. The molecule has 1 fully saturated rings. The van der Waals surface area contributed by atoms with Crippen LogP contribution in [0.15, 0.2) is 30.7 Å². The summed E-state index contributed by atoms with van der Waals surface area (Å²) < 4.78 is 6.00. The molecule has 0 saturated carbocycles. The number of amides is 1. The van der Waals surface area contributed by atoms with Gasteiger partial charge in [0.1, 0.15) is 5.69 Å². The highest BCUT2D eigenvalue weighted by atomic mass is 16.5. The number of nitrogens with zero attached hydrogens (tertiary/aromatic N) is 4. The molecule has 132 valence electrons. The highest BCUT2D eigenvalue weighted by Gasteiger charge is 2.28. The van der Waals surface area contributed by atoms with Crippen LogP contribution in [0.2, 0.25) is 0 Å². The Bertz CT molecular complexity index is 735. The Morgan fingerprint density at radius 1 is 1.28 bits per heavy atom. The van der Waals surface area contributed by atoms with Crippen LogP contribution in [0.1, 0.15) is 49.9 Å². The minimum absolute atomic E-state index is 0.148. The first-order valence-corrected chi connectivity index (χ1v) is 8.87. The summed E-state index contributed by atoms with van der Waals surface area (Å²) in [5.74, 6) is 1.56. The number of pyridine rings is 1. The second kappa shape index (κ2) is 8.05. The molecule has 1 aliphatic rings. The Labute approximate surface area is 148 Å². The molecule has 6 heteroatoms. The number of likely N-dealkylation sites (tertiary alicyclic amines) is 1. The van der Waals surface area contributed by atoms with Gasteiger partial charge in [-0.3, -0.25) is 14.8 Å². The van der Waals surface area contributed by atoms with Crippen molar-refractivity contribution < 1.29 is 9.53 Å². The van der Waals surface area contributed by atoms with E-state index >= 15 is 0 Å². The van der Waals surface area contributed by atoms with Crippen LogP contribution in [0.25, 0.3) is 0 Å². The summed E-state index contributed by atoms with van der Waals surface area (Å²) in [6.07, 6.45) is 8.49. The standard InChI is InChI=1S/C19H24N4O2/c1-3-6-17(24)23-12-5-7-15(13-23)18-19(22-11-10-21-18)25-16-8-4-9-20-14(16)2/h4,8-11,15H,3,5-7,12-13H2,1-2H3/t15-/m0/s1. The molecule has 25 heavy (non-hydrogen) atoms. The van der Waals surface area contributed by atoms with Crippen LogP contribution < -0.4 is 4.74 Å². The normalized spacial score (nSPS) is 17.4. The van der Waals surface area contributed by atoms with Gasteiger partial charge in [0.15, 0.2) is 5.75 Å². The predicted molar refractivity (Wildman–Crippen MR) is 94.5 cm³/mol. The van der Waals surface area contributed by atoms with E-state index in [9.17, 15) is 4.79 Å². The molecule has 0 radical (unpaired) electrons. The maximum atomic E-state index is 12.2. The van der Waals surface area contributed by atoms with Crippen LogP contribution >= 0.6 is 0 Å². The van der Waals surface area contributed by atoms with Gasteiger partial charge in [0.25, 0.3) is 0 Å². The van der Waals surface area contributed by atoms with Gasteiger partial charge >= 0.3 is 0 Å². The number of carbonyl (C=O) groups is 1. The van der Waals surface area contributed by atoms with Crippen molar-refractivity contribution in [1.82, 2.24) is 19.9 Å². The molecule has 1 atom stereocenters. The first-order chi connectivity index (χ1) is 12.2. The van der Waals surface area contributed by atoms with Crippen molar-refractivity contribution >= 4 is 5.91 Å². The highest BCUT2D eigenvalue weighted by Crippen LogP contribution is 2.33. The summed E-state index contributed by atoms with van der Waals surface area (Å²) in [6.45, 7) is 5.44. The first-order valence-electron chi connectivity index (χ1n) is 8.87. The lowest BCUT2D eigenvalue weighted by molar-refractivity contribution is -0.132. The zero-order valence-electron chi connectivity index (χ0n) is 14.8. The van der Waals surface area contributed by atoms with Crippen molar-refractivity contribution in [3.8, 4) is 11.6 Å². The van der Waals surface area contributed by atoms with E-state index in [1.807, 2.05) is 30.9 Å². The summed E-state index contributed by atoms with van der Waals surface area (Å²) in [6, 6.07) is 3.71. The van der Waals surface area contributed by atoms with E-state index < -0.39 is 0 Å². The van der Waals surface area contributed by atoms with E-state index in [0.29, 0.717) is 24.6 Å². The summed E-state index contributed by atoms with van der Waals surface area (Å²) in [4.78, 5) is 27.3. The zero-order chi connectivity index (χ0) is 17.6. The number of piperidine rings is 1. The van der Waals surface area contributed by atoms with Gasteiger partial charge in [0.2, 0.25) is 11.8 Å². The topological polar surface area (TPSA) is 68.2 Å². The van der Waals surface area contributed by atoms with Crippen LogP contribution in [0.5, 0.6) is 11.6 Å². The lowest BCUT2D eigenvalue weighted by atomic mass is 9.94. The van der Waals surface area contributed by atoms with E-state index in [1.54, 1.807) is 18.6 Å². The Kier molecular flexibility index (Phi) is 5.58. The summed E-state index contributed by atoms with van der Waals surface area (Å²) in [5.41, 5.74) is 1.63. The molecular weight excluding hydrogens is 316 g/mol. The van der Waals surface area contributed by atoms with Gasteiger partial charge in [0.05, 0.1) is 5.69 Å². The second-order valence-electron chi connectivity index (χ2n) is 6.36. The van der Waals surface area contributed by atoms with Crippen molar-refractivity contribution in [3.05, 3.63) is 42.1 Å². The molecule has 0 spiro atoms. The molecule has 0 bridgehead atoms. The number of rotatable bonds is 5. The molecule has 0 N–H and O–H groups in total. The number of aryl methyl sites for hydroxylation is 1. The molecule has 1 saturated heterocycles. The van der Waals surface area contributed by atoms with Gasteiger partial charge in [-0.1, -0.05) is 6.92 Å². The number of hydrogen-bond acceptors (Lipinski definition) is 5. The van der Waals surface area contributed by atoms with E-state index in [-0.39, 0.29) is 11.8 Å². The van der Waals surface area contributed by atoms with Gasteiger partial charge < -0.3 is 9.64 Å². The predicted octanol–water partition coefficient (Wildman–Crippen LogP) is 3.48. The van der Waals surface area contributed by atoms with E-state index in [1.165, 1.54) is 0 Å². The monoisotopic (exact) mass is 340 g/mol. The number of aromatic nitrogens is 3. The molecule has 3 rings (SSSR count). The van der Waals surface area contributed by atoms with Crippen molar-refractivity contribution in [3.63, 3.8) is 0 Å². The fourth-order valence-corrected chi connectivity index (χ4v) is 3.18. The van der Waals surface area contributed by atoms with E-state index in [2.05, 4.69) is 15.0 Å². The first kappa shape index (κ1) is 17.3. The molecule has 3 heterocycles. The quantitative estimate of drug-likeness (QED) is 0.833.